The highest BCUT2D eigenvalue weighted by Crippen LogP contribution is 2.49. The van der Waals surface area contributed by atoms with Crippen LogP contribution in [0, 0.1) is 0 Å². The monoisotopic (exact) mass is 336 g/mol. The first kappa shape index (κ1) is 12.6. The maximum atomic E-state index is 3.83. The van der Waals surface area contributed by atoms with Crippen LogP contribution in [0.4, 0.5) is 0 Å². The first-order valence-electron chi connectivity index (χ1n) is 5.82. The van der Waals surface area contributed by atoms with Gasteiger partial charge in [0, 0.05) is 9.84 Å². The van der Waals surface area contributed by atoms with Gasteiger partial charge in [0.05, 0.1) is 0 Å². The highest BCUT2D eigenvalue weighted by molar-refractivity contribution is 14.1. The number of hydrogen-bond acceptors (Lipinski definition) is 0. The van der Waals surface area contributed by atoms with Crippen molar-refractivity contribution in [3.63, 3.8) is 0 Å². The van der Waals surface area contributed by atoms with Gasteiger partial charge >= 0.3 is 0 Å². The first-order chi connectivity index (χ1) is 8.12. The van der Waals surface area contributed by atoms with Crippen molar-refractivity contribution < 1.29 is 0 Å². The Bertz CT molecular complexity index is 504. The van der Waals surface area contributed by atoms with Crippen LogP contribution >= 0.6 is 22.6 Å². The van der Waals surface area contributed by atoms with Crippen LogP contribution < -0.4 is 0 Å². The van der Waals surface area contributed by atoms with Gasteiger partial charge < -0.3 is 0 Å². The van der Waals surface area contributed by atoms with Gasteiger partial charge in [-0.3, -0.25) is 0 Å². The predicted molar refractivity (Wildman–Crippen MR) is 84.6 cm³/mol. The van der Waals surface area contributed by atoms with Crippen LogP contribution in [0.5, 0.6) is 0 Å². The van der Waals surface area contributed by atoms with E-state index in [-0.39, 0.29) is 5.41 Å². The zero-order valence-corrected chi connectivity index (χ0v) is 12.5. The quantitative estimate of drug-likeness (QED) is 0.532. The molecule has 17 heavy (non-hydrogen) atoms. The fraction of sp³-hybridized carbons (Fsp3) is 0.250. The zero-order chi connectivity index (χ0) is 12.5. The number of alkyl halides is 1. The van der Waals surface area contributed by atoms with Crippen molar-refractivity contribution in [1.29, 1.82) is 0 Å². The van der Waals surface area contributed by atoms with Crippen LogP contribution in [0.25, 0.3) is 5.57 Å². The van der Waals surface area contributed by atoms with E-state index in [2.05, 4.69) is 79.4 Å². The van der Waals surface area contributed by atoms with Crippen molar-refractivity contribution in [3.8, 4) is 0 Å². The molecule has 0 nitrogen and oxygen atoms in total. The summed E-state index contributed by atoms with van der Waals surface area (Å²) in [6, 6.07) is 8.68. The Morgan fingerprint density at radius 1 is 1.29 bits per heavy atom. The van der Waals surface area contributed by atoms with Crippen LogP contribution in [-0.2, 0) is 5.41 Å². The number of fused-ring (bicyclic) bond motifs is 1. The molecule has 0 bridgehead atoms. The molecule has 1 aliphatic carbocycles. The molecule has 0 saturated heterocycles. The van der Waals surface area contributed by atoms with Crippen LogP contribution in [0.2, 0.25) is 0 Å². The minimum atomic E-state index is 0.108. The van der Waals surface area contributed by atoms with E-state index in [9.17, 15) is 0 Å². The molecule has 1 aromatic rings. The number of halogens is 1. The van der Waals surface area contributed by atoms with Gasteiger partial charge in [-0.05, 0) is 22.3 Å². The molecular weight excluding hydrogens is 319 g/mol. The Hall–Kier alpha value is -0.830. The van der Waals surface area contributed by atoms with Gasteiger partial charge in [-0.1, -0.05) is 85.5 Å². The summed E-state index contributed by atoms with van der Waals surface area (Å²) in [4.78, 5) is 0. The lowest BCUT2D eigenvalue weighted by molar-refractivity contribution is 0.660. The summed E-state index contributed by atoms with van der Waals surface area (Å²) in [5.74, 6) is 0. The number of hydrogen-bond donors (Lipinski definition) is 0. The van der Waals surface area contributed by atoms with Gasteiger partial charge in [-0.15, -0.1) is 0 Å². The molecule has 1 heteroatoms. The van der Waals surface area contributed by atoms with E-state index in [0.29, 0.717) is 0 Å². The summed E-state index contributed by atoms with van der Waals surface area (Å²) in [5.41, 5.74) is 5.64. The highest BCUT2D eigenvalue weighted by atomic mass is 127. The molecule has 0 atom stereocenters. The maximum Gasteiger partial charge on any atom is 0.0182 e. The standard InChI is InChI=1S/C16H17I/c1-4-7-12-13-8-5-6-9-14(13)16(2,3)15(12)10-11-17/h4-10H,1,11H2,2-3H3/b12-7-,15-10+. The van der Waals surface area contributed by atoms with Crippen molar-refractivity contribution in [3.05, 3.63) is 65.8 Å². The molecule has 1 aliphatic rings. The molecular formula is C16H17I. The van der Waals surface area contributed by atoms with Gasteiger partial charge in [0.15, 0.2) is 0 Å². The van der Waals surface area contributed by atoms with Crippen LogP contribution in [0.1, 0.15) is 25.0 Å². The van der Waals surface area contributed by atoms with Crippen molar-refractivity contribution in [2.24, 2.45) is 0 Å². The second kappa shape index (κ2) is 4.81. The van der Waals surface area contributed by atoms with Gasteiger partial charge in [-0.25, -0.2) is 0 Å². The lowest BCUT2D eigenvalue weighted by Crippen LogP contribution is -2.15. The van der Waals surface area contributed by atoms with Crippen LogP contribution in [-0.4, -0.2) is 4.43 Å². The van der Waals surface area contributed by atoms with Crippen molar-refractivity contribution in [2.75, 3.05) is 4.43 Å². The summed E-state index contributed by atoms with van der Waals surface area (Å²) >= 11 is 2.40. The van der Waals surface area contributed by atoms with Crippen molar-refractivity contribution >= 4 is 28.2 Å². The normalized spacial score (nSPS) is 21.8. The summed E-state index contributed by atoms with van der Waals surface area (Å²) in [6.45, 7) is 8.43. The summed E-state index contributed by atoms with van der Waals surface area (Å²) in [7, 11) is 0. The lowest BCUT2D eigenvalue weighted by atomic mass is 9.82. The third-order valence-electron chi connectivity index (χ3n) is 3.42. The summed E-state index contributed by atoms with van der Waals surface area (Å²) in [6.07, 6.45) is 6.34. The van der Waals surface area contributed by atoms with Gasteiger partial charge in [0.2, 0.25) is 0 Å². The molecule has 2 rings (SSSR count). The molecule has 0 spiro atoms. The first-order valence-corrected chi connectivity index (χ1v) is 7.35. The fourth-order valence-electron chi connectivity index (χ4n) is 2.63. The highest BCUT2D eigenvalue weighted by Gasteiger charge is 2.36. The number of rotatable bonds is 2. The zero-order valence-electron chi connectivity index (χ0n) is 10.3. The second-order valence-electron chi connectivity index (χ2n) is 4.76. The topological polar surface area (TPSA) is 0 Å². The van der Waals surface area contributed by atoms with E-state index in [0.717, 1.165) is 4.43 Å². The van der Waals surface area contributed by atoms with Crippen LogP contribution in [0.15, 0.2) is 54.6 Å². The Morgan fingerprint density at radius 2 is 2.00 bits per heavy atom. The Balaban J connectivity index is 2.71. The predicted octanol–water partition coefficient (Wildman–Crippen LogP) is 4.91. The molecule has 0 aliphatic heterocycles. The van der Waals surface area contributed by atoms with E-state index in [1.54, 1.807) is 0 Å². The van der Waals surface area contributed by atoms with E-state index in [1.807, 2.05) is 6.08 Å². The number of allylic oxidation sites excluding steroid dienone is 5. The molecule has 0 saturated carbocycles. The molecule has 0 heterocycles. The summed E-state index contributed by atoms with van der Waals surface area (Å²) < 4.78 is 1.04. The minimum Gasteiger partial charge on any atom is -0.0990 e. The Labute approximate surface area is 117 Å². The number of benzene rings is 1. The molecule has 0 amide bonds. The molecule has 1 aromatic carbocycles. The molecule has 0 fully saturated rings. The molecule has 0 unspecified atom stereocenters. The molecule has 0 N–H and O–H groups in total. The average molecular weight is 336 g/mol. The maximum absolute atomic E-state index is 3.83. The SMILES string of the molecule is C=C/C=C1\C(=C/CI)C(C)(C)c2ccccc21. The molecule has 88 valence electrons. The minimum absolute atomic E-state index is 0.108. The largest absolute Gasteiger partial charge is 0.0990 e. The second-order valence-corrected chi connectivity index (χ2v) is 5.64. The fourth-order valence-corrected chi connectivity index (χ4v) is 3.07. The van der Waals surface area contributed by atoms with E-state index >= 15 is 0 Å². The van der Waals surface area contributed by atoms with Crippen LogP contribution in [0.3, 0.4) is 0 Å². The van der Waals surface area contributed by atoms with Gasteiger partial charge in [0.25, 0.3) is 0 Å². The summed E-state index contributed by atoms with van der Waals surface area (Å²) in [5, 5.41) is 0. The van der Waals surface area contributed by atoms with Crippen molar-refractivity contribution in [1.82, 2.24) is 0 Å². The smallest absolute Gasteiger partial charge is 0.0182 e. The third kappa shape index (κ3) is 2.01. The molecule has 0 radical (unpaired) electrons. The third-order valence-corrected chi connectivity index (χ3v) is 3.86. The van der Waals surface area contributed by atoms with E-state index in [1.165, 1.54) is 22.3 Å². The van der Waals surface area contributed by atoms with E-state index < -0.39 is 0 Å². The average Bonchev–Trinajstić information content (AvgIpc) is 2.52. The van der Waals surface area contributed by atoms with Crippen molar-refractivity contribution in [2.45, 2.75) is 19.3 Å². The van der Waals surface area contributed by atoms with Gasteiger partial charge in [0.1, 0.15) is 0 Å². The molecule has 0 aromatic heterocycles. The van der Waals surface area contributed by atoms with Gasteiger partial charge in [-0.2, -0.15) is 0 Å². The lowest BCUT2D eigenvalue weighted by Gasteiger charge is -2.21. The Morgan fingerprint density at radius 3 is 2.65 bits per heavy atom. The Kier molecular flexibility index (Phi) is 3.57. The van der Waals surface area contributed by atoms with E-state index in [4.69, 9.17) is 0 Å².